The second kappa shape index (κ2) is 6.00. The van der Waals surface area contributed by atoms with E-state index >= 15 is 0 Å². The number of aryl methyl sites for hydroxylation is 1. The van der Waals surface area contributed by atoms with Crippen LogP contribution in [-0.2, 0) is 11.2 Å². The number of nitrogens with one attached hydrogen (secondary N) is 3. The van der Waals surface area contributed by atoms with Gasteiger partial charge >= 0.3 is 0 Å². The monoisotopic (exact) mass is 311 g/mol. The highest BCUT2D eigenvalue weighted by Crippen LogP contribution is 2.40. The second-order valence-corrected chi connectivity index (χ2v) is 7.32. The van der Waals surface area contributed by atoms with Gasteiger partial charge in [0.05, 0.1) is 5.69 Å². The predicted octanol–water partition coefficient (Wildman–Crippen LogP) is 3.30. The van der Waals surface area contributed by atoms with Crippen molar-refractivity contribution in [1.82, 2.24) is 10.3 Å². The maximum Gasteiger partial charge on any atom is 0.221 e. The van der Waals surface area contributed by atoms with E-state index in [-0.39, 0.29) is 5.91 Å². The third kappa shape index (κ3) is 3.00. The minimum Gasteiger partial charge on any atom is -0.359 e. The van der Waals surface area contributed by atoms with Crippen molar-refractivity contribution >= 4 is 22.5 Å². The first-order valence-electron chi connectivity index (χ1n) is 8.77. The Labute approximate surface area is 137 Å². The number of rotatable bonds is 4. The topological polar surface area (TPSA) is 56.9 Å². The molecule has 1 amide bonds. The van der Waals surface area contributed by atoms with Gasteiger partial charge in [0.15, 0.2) is 0 Å². The van der Waals surface area contributed by atoms with Gasteiger partial charge in [-0.3, -0.25) is 4.79 Å². The third-order valence-corrected chi connectivity index (χ3v) is 5.65. The zero-order valence-electron chi connectivity index (χ0n) is 13.7. The van der Waals surface area contributed by atoms with E-state index in [1.165, 1.54) is 37.9 Å². The largest absolute Gasteiger partial charge is 0.359 e. The lowest BCUT2D eigenvalue weighted by Gasteiger charge is -2.11. The molecule has 0 bridgehead atoms. The molecule has 0 unspecified atom stereocenters. The number of H-pyrrole nitrogens is 1. The number of aromatic nitrogens is 1. The lowest BCUT2D eigenvalue weighted by Crippen LogP contribution is -2.12. The first kappa shape index (κ1) is 14.8. The fourth-order valence-electron chi connectivity index (χ4n) is 4.51. The molecule has 4 rings (SSSR count). The summed E-state index contributed by atoms with van der Waals surface area (Å²) >= 11 is 0. The first-order chi connectivity index (χ1) is 11.2. The van der Waals surface area contributed by atoms with E-state index in [2.05, 4.69) is 33.8 Å². The number of amides is 1. The summed E-state index contributed by atoms with van der Waals surface area (Å²) in [6.07, 6.45) is 7.11. The van der Waals surface area contributed by atoms with Crippen LogP contribution in [0.25, 0.3) is 10.9 Å². The maximum absolute atomic E-state index is 11.3. The SMILES string of the molecule is CC(=O)Nc1c[nH]c2ccc(CC[C@H]3C[C@H]4CNC[C@H]4C3)cc12. The van der Waals surface area contributed by atoms with E-state index in [1.54, 1.807) is 6.92 Å². The molecule has 3 N–H and O–H groups in total. The van der Waals surface area contributed by atoms with Gasteiger partial charge in [-0.05, 0) is 74.2 Å². The minimum absolute atomic E-state index is 0.0255. The van der Waals surface area contributed by atoms with Crippen LogP contribution in [0.2, 0.25) is 0 Å². The standard InChI is InChI=1S/C19H25N3O/c1-12(23)22-19-11-21-18-5-4-13(8-17(18)19)2-3-14-6-15-9-20-10-16(15)7-14/h4-5,8,11,14-16,20-21H,2-3,6-7,9-10H2,1H3,(H,22,23)/t14-,15-,16+. The normalized spacial score (nSPS) is 26.6. The predicted molar refractivity (Wildman–Crippen MR) is 93.5 cm³/mol. The van der Waals surface area contributed by atoms with Gasteiger partial charge in [-0.2, -0.15) is 0 Å². The average molecular weight is 311 g/mol. The molecule has 0 radical (unpaired) electrons. The van der Waals surface area contributed by atoms with Gasteiger partial charge < -0.3 is 15.6 Å². The Bertz CT molecular complexity index is 708. The molecule has 0 spiro atoms. The number of aromatic amines is 1. The van der Waals surface area contributed by atoms with Crippen molar-refractivity contribution < 1.29 is 4.79 Å². The van der Waals surface area contributed by atoms with Crippen LogP contribution < -0.4 is 10.6 Å². The molecule has 3 atom stereocenters. The van der Waals surface area contributed by atoms with Crippen LogP contribution in [0.5, 0.6) is 0 Å². The van der Waals surface area contributed by atoms with Crippen molar-refractivity contribution in [3.8, 4) is 0 Å². The summed E-state index contributed by atoms with van der Waals surface area (Å²) in [7, 11) is 0. The molecule has 122 valence electrons. The quantitative estimate of drug-likeness (QED) is 0.811. The Morgan fingerprint density at radius 1 is 1.26 bits per heavy atom. The van der Waals surface area contributed by atoms with Crippen molar-refractivity contribution in [1.29, 1.82) is 0 Å². The number of carbonyl (C=O) groups is 1. The molecule has 2 aliphatic rings. The Morgan fingerprint density at radius 3 is 2.78 bits per heavy atom. The highest BCUT2D eigenvalue weighted by Gasteiger charge is 2.36. The van der Waals surface area contributed by atoms with Crippen LogP contribution in [-0.4, -0.2) is 24.0 Å². The van der Waals surface area contributed by atoms with Gasteiger partial charge in [0, 0.05) is 24.0 Å². The number of benzene rings is 1. The zero-order valence-corrected chi connectivity index (χ0v) is 13.7. The average Bonchev–Trinajstić information content (AvgIpc) is 3.19. The third-order valence-electron chi connectivity index (χ3n) is 5.65. The minimum atomic E-state index is -0.0255. The van der Waals surface area contributed by atoms with Gasteiger partial charge in [0.1, 0.15) is 0 Å². The van der Waals surface area contributed by atoms with E-state index in [0.29, 0.717) is 0 Å². The molecule has 4 heteroatoms. The summed E-state index contributed by atoms with van der Waals surface area (Å²) in [5, 5.41) is 7.54. The van der Waals surface area contributed by atoms with Gasteiger partial charge in [0.2, 0.25) is 5.91 Å². The second-order valence-electron chi connectivity index (χ2n) is 7.32. The van der Waals surface area contributed by atoms with Crippen molar-refractivity contribution in [3.05, 3.63) is 30.0 Å². The summed E-state index contributed by atoms with van der Waals surface area (Å²) in [6, 6.07) is 6.57. The highest BCUT2D eigenvalue weighted by molar-refractivity contribution is 6.01. The van der Waals surface area contributed by atoms with E-state index in [9.17, 15) is 4.79 Å². The molecule has 1 aromatic heterocycles. The molecule has 1 aliphatic carbocycles. The molecular formula is C19H25N3O. The number of carbonyl (C=O) groups excluding carboxylic acids is 1. The van der Waals surface area contributed by atoms with Gasteiger partial charge in [0.25, 0.3) is 0 Å². The zero-order chi connectivity index (χ0) is 15.8. The van der Waals surface area contributed by atoms with Gasteiger partial charge in [-0.15, -0.1) is 0 Å². The molecule has 1 aromatic carbocycles. The Hall–Kier alpha value is -1.81. The van der Waals surface area contributed by atoms with E-state index in [4.69, 9.17) is 0 Å². The number of anilines is 1. The molecule has 1 saturated carbocycles. The summed E-state index contributed by atoms with van der Waals surface area (Å²) in [4.78, 5) is 14.5. The lowest BCUT2D eigenvalue weighted by molar-refractivity contribution is -0.114. The summed E-state index contributed by atoms with van der Waals surface area (Å²) < 4.78 is 0. The fraction of sp³-hybridized carbons (Fsp3) is 0.526. The van der Waals surface area contributed by atoms with Gasteiger partial charge in [-0.1, -0.05) is 6.07 Å². The number of hydrogen-bond acceptors (Lipinski definition) is 2. The number of hydrogen-bond donors (Lipinski definition) is 3. The Kier molecular flexibility index (Phi) is 3.85. The number of fused-ring (bicyclic) bond motifs is 2. The molecule has 1 aliphatic heterocycles. The van der Waals surface area contributed by atoms with Crippen molar-refractivity contribution in [2.24, 2.45) is 17.8 Å². The summed E-state index contributed by atoms with van der Waals surface area (Å²) in [5.41, 5.74) is 3.34. The molecule has 1 saturated heterocycles. The van der Waals surface area contributed by atoms with Crippen molar-refractivity contribution in [2.75, 3.05) is 18.4 Å². The summed E-state index contributed by atoms with van der Waals surface area (Å²) in [5.74, 6) is 2.73. The molecule has 2 fully saturated rings. The fourth-order valence-corrected chi connectivity index (χ4v) is 4.51. The molecule has 4 nitrogen and oxygen atoms in total. The Morgan fingerprint density at radius 2 is 2.04 bits per heavy atom. The van der Waals surface area contributed by atoms with E-state index in [1.807, 2.05) is 6.20 Å². The van der Waals surface area contributed by atoms with Crippen molar-refractivity contribution in [3.63, 3.8) is 0 Å². The molecule has 23 heavy (non-hydrogen) atoms. The first-order valence-corrected chi connectivity index (χ1v) is 8.77. The lowest BCUT2D eigenvalue weighted by atomic mass is 9.96. The van der Waals surface area contributed by atoms with Crippen LogP contribution in [0, 0.1) is 17.8 Å². The van der Waals surface area contributed by atoms with Gasteiger partial charge in [-0.25, -0.2) is 0 Å². The van der Waals surface area contributed by atoms with E-state index in [0.717, 1.165) is 40.8 Å². The van der Waals surface area contributed by atoms with Crippen molar-refractivity contribution in [2.45, 2.75) is 32.6 Å². The molecule has 2 aromatic rings. The Balaban J connectivity index is 1.43. The van der Waals surface area contributed by atoms with Crippen LogP contribution in [0.4, 0.5) is 5.69 Å². The van der Waals surface area contributed by atoms with Crippen LogP contribution >= 0.6 is 0 Å². The van der Waals surface area contributed by atoms with E-state index < -0.39 is 0 Å². The smallest absolute Gasteiger partial charge is 0.221 e. The summed E-state index contributed by atoms with van der Waals surface area (Å²) in [6.45, 7) is 4.02. The molecule has 2 heterocycles. The highest BCUT2D eigenvalue weighted by atomic mass is 16.1. The van der Waals surface area contributed by atoms with Crippen LogP contribution in [0.15, 0.2) is 24.4 Å². The maximum atomic E-state index is 11.3. The van der Waals surface area contributed by atoms with Crippen LogP contribution in [0.3, 0.4) is 0 Å². The molecular weight excluding hydrogens is 286 g/mol. The van der Waals surface area contributed by atoms with Crippen LogP contribution in [0.1, 0.15) is 31.7 Å².